The van der Waals surface area contributed by atoms with Gasteiger partial charge in [0.25, 0.3) is 0 Å². The Morgan fingerprint density at radius 1 is 1.11 bits per heavy atom. The fraction of sp³-hybridized carbons (Fsp3) is 0.267. The van der Waals surface area contributed by atoms with E-state index in [4.69, 9.17) is 16.3 Å². The number of rotatable bonds is 7. The van der Waals surface area contributed by atoms with Crippen LogP contribution in [0.5, 0.6) is 5.75 Å². The number of nitrogens with one attached hydrogen (secondary N) is 1. The number of nitrogens with zero attached hydrogens (tertiary/aromatic N) is 1. The zero-order chi connectivity index (χ0) is 13.3. The second kappa shape index (κ2) is 7.64. The summed E-state index contributed by atoms with van der Waals surface area (Å²) in [5.74, 6) is 0.924. The standard InChI is InChI=1S/C15H17ClN2O/c16-14-12-17-10-8-15(14)18-9-4-5-11-19-13-6-2-1-3-7-13/h1-3,6-8,10,12H,4-5,9,11H2,(H,17,18). The number of benzene rings is 1. The topological polar surface area (TPSA) is 34.2 Å². The maximum absolute atomic E-state index is 5.99. The number of hydrogen-bond acceptors (Lipinski definition) is 3. The molecule has 0 saturated heterocycles. The van der Waals surface area contributed by atoms with Crippen LogP contribution < -0.4 is 10.1 Å². The highest BCUT2D eigenvalue weighted by atomic mass is 35.5. The Kier molecular flexibility index (Phi) is 5.50. The predicted octanol–water partition coefficient (Wildman–Crippen LogP) is 4.01. The van der Waals surface area contributed by atoms with Crippen LogP contribution in [0.25, 0.3) is 0 Å². The van der Waals surface area contributed by atoms with Crippen molar-refractivity contribution < 1.29 is 4.74 Å². The summed E-state index contributed by atoms with van der Waals surface area (Å²) in [7, 11) is 0. The average molecular weight is 277 g/mol. The second-order valence-corrected chi connectivity index (χ2v) is 4.56. The maximum Gasteiger partial charge on any atom is 0.119 e. The Hall–Kier alpha value is -1.74. The first-order valence-corrected chi connectivity index (χ1v) is 6.75. The summed E-state index contributed by atoms with van der Waals surface area (Å²) < 4.78 is 5.62. The van der Waals surface area contributed by atoms with Crippen LogP contribution in [0.1, 0.15) is 12.8 Å². The van der Waals surface area contributed by atoms with E-state index in [-0.39, 0.29) is 0 Å². The Balaban J connectivity index is 1.59. The van der Waals surface area contributed by atoms with E-state index in [0.717, 1.165) is 37.4 Å². The molecule has 1 heterocycles. The average Bonchev–Trinajstić information content (AvgIpc) is 2.45. The highest BCUT2D eigenvalue weighted by Gasteiger charge is 1.98. The number of anilines is 1. The number of para-hydroxylation sites is 1. The Morgan fingerprint density at radius 2 is 1.95 bits per heavy atom. The van der Waals surface area contributed by atoms with Crippen molar-refractivity contribution >= 4 is 17.3 Å². The molecule has 100 valence electrons. The van der Waals surface area contributed by atoms with Crippen molar-refractivity contribution in [3.05, 3.63) is 53.8 Å². The minimum absolute atomic E-state index is 0.656. The lowest BCUT2D eigenvalue weighted by molar-refractivity contribution is 0.308. The SMILES string of the molecule is Clc1cnccc1NCCCCOc1ccccc1. The van der Waals surface area contributed by atoms with Gasteiger partial charge in [-0.05, 0) is 31.0 Å². The van der Waals surface area contributed by atoms with Crippen LogP contribution in [0.15, 0.2) is 48.8 Å². The fourth-order valence-corrected chi connectivity index (χ4v) is 1.86. The minimum atomic E-state index is 0.656. The Morgan fingerprint density at radius 3 is 2.74 bits per heavy atom. The van der Waals surface area contributed by atoms with Gasteiger partial charge in [-0.2, -0.15) is 0 Å². The van der Waals surface area contributed by atoms with Gasteiger partial charge in [0.1, 0.15) is 5.75 Å². The lowest BCUT2D eigenvalue weighted by Crippen LogP contribution is -2.05. The molecule has 0 aliphatic heterocycles. The van der Waals surface area contributed by atoms with E-state index >= 15 is 0 Å². The molecular weight excluding hydrogens is 260 g/mol. The molecule has 0 spiro atoms. The lowest BCUT2D eigenvalue weighted by atomic mass is 10.3. The van der Waals surface area contributed by atoms with Crippen LogP contribution >= 0.6 is 11.6 Å². The molecule has 1 aromatic heterocycles. The van der Waals surface area contributed by atoms with Crippen LogP contribution in [0, 0.1) is 0 Å². The normalized spacial score (nSPS) is 10.2. The van der Waals surface area contributed by atoms with Gasteiger partial charge >= 0.3 is 0 Å². The molecule has 0 fully saturated rings. The van der Waals surface area contributed by atoms with E-state index in [1.165, 1.54) is 0 Å². The summed E-state index contributed by atoms with van der Waals surface area (Å²) in [6.45, 7) is 1.61. The molecule has 0 unspecified atom stereocenters. The van der Waals surface area contributed by atoms with Gasteiger partial charge in [0.15, 0.2) is 0 Å². The minimum Gasteiger partial charge on any atom is -0.494 e. The van der Waals surface area contributed by atoms with Crippen molar-refractivity contribution in [3.63, 3.8) is 0 Å². The summed E-state index contributed by atoms with van der Waals surface area (Å²) in [6, 6.07) is 11.7. The molecule has 0 saturated carbocycles. The first-order valence-electron chi connectivity index (χ1n) is 6.37. The van der Waals surface area contributed by atoms with Crippen molar-refractivity contribution in [2.24, 2.45) is 0 Å². The fourth-order valence-electron chi connectivity index (χ4n) is 1.68. The quantitative estimate of drug-likeness (QED) is 0.776. The van der Waals surface area contributed by atoms with Gasteiger partial charge in [0.05, 0.1) is 17.3 Å². The lowest BCUT2D eigenvalue weighted by Gasteiger charge is -2.08. The van der Waals surface area contributed by atoms with Crippen LogP contribution in [0.4, 0.5) is 5.69 Å². The van der Waals surface area contributed by atoms with Crippen molar-refractivity contribution in [2.75, 3.05) is 18.5 Å². The maximum atomic E-state index is 5.99. The molecule has 4 heteroatoms. The first kappa shape index (κ1) is 13.7. The highest BCUT2D eigenvalue weighted by Crippen LogP contribution is 2.18. The number of hydrogen-bond donors (Lipinski definition) is 1. The van der Waals surface area contributed by atoms with Crippen LogP contribution in [-0.4, -0.2) is 18.1 Å². The van der Waals surface area contributed by atoms with Crippen molar-refractivity contribution in [1.82, 2.24) is 4.98 Å². The van der Waals surface area contributed by atoms with Gasteiger partial charge in [-0.1, -0.05) is 29.8 Å². The second-order valence-electron chi connectivity index (χ2n) is 4.15. The zero-order valence-electron chi connectivity index (χ0n) is 10.7. The Bertz CT molecular complexity index is 491. The molecule has 0 atom stereocenters. The molecule has 0 aliphatic rings. The van der Waals surface area contributed by atoms with E-state index in [0.29, 0.717) is 5.02 Å². The summed E-state index contributed by atoms with van der Waals surface area (Å²) in [6.07, 6.45) is 5.41. The summed E-state index contributed by atoms with van der Waals surface area (Å²) in [5.41, 5.74) is 0.931. The molecule has 3 nitrogen and oxygen atoms in total. The summed E-state index contributed by atoms with van der Waals surface area (Å²) in [5, 5.41) is 3.94. The van der Waals surface area contributed by atoms with E-state index in [1.54, 1.807) is 12.4 Å². The smallest absolute Gasteiger partial charge is 0.119 e. The predicted molar refractivity (Wildman–Crippen MR) is 78.9 cm³/mol. The highest BCUT2D eigenvalue weighted by molar-refractivity contribution is 6.33. The van der Waals surface area contributed by atoms with E-state index < -0.39 is 0 Å². The van der Waals surface area contributed by atoms with E-state index in [2.05, 4.69) is 10.3 Å². The third-order valence-corrected chi connectivity index (χ3v) is 2.97. The zero-order valence-corrected chi connectivity index (χ0v) is 11.4. The molecule has 0 aliphatic carbocycles. The van der Waals surface area contributed by atoms with Crippen molar-refractivity contribution in [2.45, 2.75) is 12.8 Å². The van der Waals surface area contributed by atoms with Crippen LogP contribution in [-0.2, 0) is 0 Å². The molecule has 1 N–H and O–H groups in total. The number of aromatic nitrogens is 1. The van der Waals surface area contributed by atoms with Crippen molar-refractivity contribution in [3.8, 4) is 5.75 Å². The summed E-state index contributed by atoms with van der Waals surface area (Å²) in [4.78, 5) is 3.94. The first-order chi connectivity index (χ1) is 9.36. The monoisotopic (exact) mass is 276 g/mol. The van der Waals surface area contributed by atoms with Gasteiger partial charge in [0.2, 0.25) is 0 Å². The van der Waals surface area contributed by atoms with Gasteiger partial charge < -0.3 is 10.1 Å². The molecular formula is C15H17ClN2O. The van der Waals surface area contributed by atoms with E-state index in [1.807, 2.05) is 36.4 Å². The van der Waals surface area contributed by atoms with Crippen LogP contribution in [0.3, 0.4) is 0 Å². The molecule has 2 aromatic rings. The number of halogens is 1. The molecule has 2 rings (SSSR count). The number of ether oxygens (including phenoxy) is 1. The van der Waals surface area contributed by atoms with Gasteiger partial charge in [-0.15, -0.1) is 0 Å². The third kappa shape index (κ3) is 4.79. The van der Waals surface area contributed by atoms with Gasteiger partial charge in [-0.25, -0.2) is 0 Å². The van der Waals surface area contributed by atoms with Gasteiger partial charge in [0, 0.05) is 18.9 Å². The molecule has 0 bridgehead atoms. The molecule has 0 amide bonds. The van der Waals surface area contributed by atoms with Crippen molar-refractivity contribution in [1.29, 1.82) is 0 Å². The molecule has 0 radical (unpaired) electrons. The molecule has 19 heavy (non-hydrogen) atoms. The Labute approximate surface area is 118 Å². The number of pyridine rings is 1. The van der Waals surface area contributed by atoms with Gasteiger partial charge in [-0.3, -0.25) is 4.98 Å². The number of unbranched alkanes of at least 4 members (excludes halogenated alkanes) is 1. The summed E-state index contributed by atoms with van der Waals surface area (Å²) >= 11 is 5.99. The largest absolute Gasteiger partial charge is 0.494 e. The van der Waals surface area contributed by atoms with Crippen LogP contribution in [0.2, 0.25) is 5.02 Å². The third-order valence-electron chi connectivity index (χ3n) is 2.67. The van der Waals surface area contributed by atoms with E-state index in [9.17, 15) is 0 Å². The molecule has 1 aromatic carbocycles.